The van der Waals surface area contributed by atoms with Gasteiger partial charge in [0.15, 0.2) is 0 Å². The topological polar surface area (TPSA) is 50.1 Å². The van der Waals surface area contributed by atoms with Gasteiger partial charge in [-0.15, -0.1) is 10.2 Å². The van der Waals surface area contributed by atoms with Gasteiger partial charge in [0.25, 0.3) is 0 Å². The lowest BCUT2D eigenvalue weighted by atomic mass is 9.96. The molecule has 4 rings (SSSR count). The number of likely N-dealkylation sites (tertiary alicyclic amines) is 1. The van der Waals surface area contributed by atoms with Gasteiger partial charge in [0, 0.05) is 44.1 Å². The minimum Gasteiger partial charge on any atom is -0.371 e. The first-order valence-electron chi connectivity index (χ1n) is 9.07. The van der Waals surface area contributed by atoms with E-state index in [0.29, 0.717) is 5.92 Å². The summed E-state index contributed by atoms with van der Waals surface area (Å²) in [6, 6.07) is 4.19. The van der Waals surface area contributed by atoms with Gasteiger partial charge < -0.3 is 9.47 Å². The van der Waals surface area contributed by atoms with Gasteiger partial charge in [-0.1, -0.05) is 0 Å². The van der Waals surface area contributed by atoms with Crippen LogP contribution in [-0.4, -0.2) is 50.8 Å². The van der Waals surface area contributed by atoms with E-state index in [9.17, 15) is 0 Å². The summed E-state index contributed by atoms with van der Waals surface area (Å²) in [7, 11) is 2.13. The highest BCUT2D eigenvalue weighted by Gasteiger charge is 2.26. The van der Waals surface area contributed by atoms with Crippen molar-refractivity contribution in [2.24, 2.45) is 7.05 Å². The maximum atomic E-state index is 4.56. The van der Waals surface area contributed by atoms with E-state index in [2.05, 4.69) is 48.7 Å². The Morgan fingerprint density at radius 2 is 1.83 bits per heavy atom. The summed E-state index contributed by atoms with van der Waals surface area (Å²) in [6.45, 7) is 5.45. The summed E-state index contributed by atoms with van der Waals surface area (Å²) >= 11 is 0. The molecule has 0 unspecified atom stereocenters. The van der Waals surface area contributed by atoms with Crippen molar-refractivity contribution in [3.63, 3.8) is 0 Å². The van der Waals surface area contributed by atoms with Crippen LogP contribution in [0.4, 0.5) is 5.69 Å². The van der Waals surface area contributed by atoms with Gasteiger partial charge in [0.2, 0.25) is 0 Å². The zero-order valence-corrected chi connectivity index (χ0v) is 14.4. The fourth-order valence-electron chi connectivity index (χ4n) is 3.99. The second-order valence-corrected chi connectivity index (χ2v) is 7.01. The predicted molar refractivity (Wildman–Crippen MR) is 93.9 cm³/mol. The molecule has 128 valence electrons. The number of nitrogens with zero attached hydrogens (tertiary/aromatic N) is 6. The molecule has 1 atom stereocenters. The molecule has 0 aliphatic carbocycles. The van der Waals surface area contributed by atoms with Crippen molar-refractivity contribution in [1.29, 1.82) is 0 Å². The fraction of sp³-hybridized carbons (Fsp3) is 0.611. The molecule has 0 radical (unpaired) electrons. The SMILES string of the molecule is Cn1c(CN2CCCC2)nnc1[C@H]1CCCN(c2ccncc2)C1. The van der Waals surface area contributed by atoms with E-state index < -0.39 is 0 Å². The molecule has 6 nitrogen and oxygen atoms in total. The second-order valence-electron chi connectivity index (χ2n) is 7.01. The summed E-state index contributed by atoms with van der Waals surface area (Å²) in [5.41, 5.74) is 1.26. The molecule has 0 aromatic carbocycles. The Hall–Kier alpha value is -1.95. The lowest BCUT2D eigenvalue weighted by Gasteiger charge is -2.33. The Morgan fingerprint density at radius 1 is 1.04 bits per heavy atom. The maximum absolute atomic E-state index is 4.56. The Kier molecular flexibility index (Phi) is 4.47. The van der Waals surface area contributed by atoms with Gasteiger partial charge >= 0.3 is 0 Å². The van der Waals surface area contributed by atoms with Crippen LogP contribution in [-0.2, 0) is 13.6 Å². The van der Waals surface area contributed by atoms with Crippen LogP contribution in [0, 0.1) is 0 Å². The van der Waals surface area contributed by atoms with E-state index in [1.165, 1.54) is 44.5 Å². The van der Waals surface area contributed by atoms with Gasteiger partial charge in [0.1, 0.15) is 11.6 Å². The lowest BCUT2D eigenvalue weighted by molar-refractivity contribution is 0.317. The summed E-state index contributed by atoms with van der Waals surface area (Å²) in [6.07, 6.45) is 8.76. The third-order valence-electron chi connectivity index (χ3n) is 5.38. The van der Waals surface area contributed by atoms with Crippen molar-refractivity contribution in [1.82, 2.24) is 24.6 Å². The molecular weight excluding hydrogens is 300 g/mol. The molecule has 24 heavy (non-hydrogen) atoms. The van der Waals surface area contributed by atoms with Gasteiger partial charge in [0.05, 0.1) is 6.54 Å². The summed E-state index contributed by atoms with van der Waals surface area (Å²) in [5.74, 6) is 2.70. The monoisotopic (exact) mass is 326 g/mol. The molecule has 0 saturated carbocycles. The van der Waals surface area contributed by atoms with Crippen LogP contribution in [0.1, 0.15) is 43.3 Å². The van der Waals surface area contributed by atoms with E-state index >= 15 is 0 Å². The largest absolute Gasteiger partial charge is 0.371 e. The summed E-state index contributed by atoms with van der Waals surface area (Å²) in [4.78, 5) is 9.06. The van der Waals surface area contributed by atoms with Crippen LogP contribution in [0.2, 0.25) is 0 Å². The molecule has 2 fully saturated rings. The van der Waals surface area contributed by atoms with Crippen molar-refractivity contribution in [2.75, 3.05) is 31.1 Å². The van der Waals surface area contributed by atoms with Gasteiger partial charge in [-0.25, -0.2) is 0 Å². The average molecular weight is 326 g/mol. The molecule has 6 heteroatoms. The minimum absolute atomic E-state index is 0.455. The van der Waals surface area contributed by atoms with E-state index in [1.807, 2.05) is 12.4 Å². The molecule has 0 N–H and O–H groups in total. The Bertz CT molecular complexity index is 661. The molecule has 2 aliphatic heterocycles. The van der Waals surface area contributed by atoms with Crippen molar-refractivity contribution < 1.29 is 0 Å². The summed E-state index contributed by atoms with van der Waals surface area (Å²) < 4.78 is 2.24. The highest BCUT2D eigenvalue weighted by atomic mass is 15.3. The molecule has 2 aromatic rings. The number of rotatable bonds is 4. The Morgan fingerprint density at radius 3 is 2.62 bits per heavy atom. The average Bonchev–Trinajstić information content (AvgIpc) is 3.27. The van der Waals surface area contributed by atoms with Crippen LogP contribution in [0.3, 0.4) is 0 Å². The van der Waals surface area contributed by atoms with Crippen LogP contribution < -0.4 is 4.90 Å². The first-order chi connectivity index (χ1) is 11.8. The molecule has 2 aliphatic rings. The Labute approximate surface area is 143 Å². The number of anilines is 1. The van der Waals surface area contributed by atoms with Crippen molar-refractivity contribution in [3.8, 4) is 0 Å². The van der Waals surface area contributed by atoms with Crippen molar-refractivity contribution >= 4 is 5.69 Å². The molecular formula is C18H26N6. The molecule has 4 heterocycles. The van der Waals surface area contributed by atoms with Crippen molar-refractivity contribution in [3.05, 3.63) is 36.2 Å². The van der Waals surface area contributed by atoms with Gasteiger partial charge in [-0.3, -0.25) is 9.88 Å². The van der Waals surface area contributed by atoms with E-state index in [4.69, 9.17) is 0 Å². The molecule has 0 amide bonds. The molecule has 0 bridgehead atoms. The number of hydrogen-bond acceptors (Lipinski definition) is 5. The predicted octanol–water partition coefficient (Wildman–Crippen LogP) is 2.19. The van der Waals surface area contributed by atoms with Crippen LogP contribution >= 0.6 is 0 Å². The Balaban J connectivity index is 1.48. The first kappa shape index (κ1) is 15.6. The van der Waals surface area contributed by atoms with E-state index in [-0.39, 0.29) is 0 Å². The van der Waals surface area contributed by atoms with Crippen molar-refractivity contribution in [2.45, 2.75) is 38.1 Å². The maximum Gasteiger partial charge on any atom is 0.146 e. The quantitative estimate of drug-likeness (QED) is 0.862. The molecule has 0 spiro atoms. The smallest absolute Gasteiger partial charge is 0.146 e. The van der Waals surface area contributed by atoms with Gasteiger partial charge in [-0.2, -0.15) is 0 Å². The summed E-state index contributed by atoms with van der Waals surface area (Å²) in [5, 5.41) is 9.05. The normalized spacial score (nSPS) is 22.2. The van der Waals surface area contributed by atoms with Crippen LogP contribution in [0.5, 0.6) is 0 Å². The van der Waals surface area contributed by atoms with E-state index in [1.54, 1.807) is 0 Å². The zero-order chi connectivity index (χ0) is 16.4. The fourth-order valence-corrected chi connectivity index (χ4v) is 3.99. The first-order valence-corrected chi connectivity index (χ1v) is 9.07. The second kappa shape index (κ2) is 6.89. The van der Waals surface area contributed by atoms with Gasteiger partial charge in [-0.05, 0) is 50.9 Å². The molecule has 2 saturated heterocycles. The number of hydrogen-bond donors (Lipinski definition) is 0. The van der Waals surface area contributed by atoms with E-state index in [0.717, 1.165) is 31.3 Å². The lowest BCUT2D eigenvalue weighted by Crippen LogP contribution is -2.35. The molecule has 2 aromatic heterocycles. The standard InChI is InChI=1S/C18H26N6/c1-22-17(14-23-10-2-3-11-23)20-21-18(22)15-5-4-12-24(13-15)16-6-8-19-9-7-16/h6-9,15H,2-5,10-14H2,1H3/t15-/m0/s1. The number of pyridine rings is 1. The third kappa shape index (κ3) is 3.15. The van der Waals surface area contributed by atoms with Crippen LogP contribution in [0.15, 0.2) is 24.5 Å². The highest BCUT2D eigenvalue weighted by Crippen LogP contribution is 2.29. The van der Waals surface area contributed by atoms with Crippen LogP contribution in [0.25, 0.3) is 0 Å². The number of aromatic nitrogens is 4. The minimum atomic E-state index is 0.455. The third-order valence-corrected chi connectivity index (χ3v) is 5.38. The zero-order valence-electron chi connectivity index (χ0n) is 14.4. The number of piperidine rings is 1. The highest BCUT2D eigenvalue weighted by molar-refractivity contribution is 5.45.